The highest BCUT2D eigenvalue weighted by atomic mass is 32.2. The molecule has 0 aliphatic heterocycles. The van der Waals surface area contributed by atoms with Gasteiger partial charge < -0.3 is 5.32 Å². The number of aryl methyl sites for hydroxylation is 1. The molecular weight excluding hydrogens is 214 g/mol. The summed E-state index contributed by atoms with van der Waals surface area (Å²) in [5, 5.41) is 3.59. The van der Waals surface area contributed by atoms with Crippen LogP contribution in [0.25, 0.3) is 0 Å². The van der Waals surface area contributed by atoms with Gasteiger partial charge >= 0.3 is 0 Å². The molecule has 0 fully saturated rings. The van der Waals surface area contributed by atoms with Crippen LogP contribution in [0.3, 0.4) is 0 Å². The SMILES string of the molecule is CSCCCCN[C@@H](C)c1ccccc1C. The minimum absolute atomic E-state index is 0.468. The molecular formula is C14H23NS. The zero-order valence-corrected chi connectivity index (χ0v) is 11.4. The van der Waals surface area contributed by atoms with Gasteiger partial charge in [0, 0.05) is 6.04 Å². The average Bonchev–Trinajstić information content (AvgIpc) is 2.29. The topological polar surface area (TPSA) is 12.0 Å². The molecule has 0 unspecified atom stereocenters. The average molecular weight is 237 g/mol. The van der Waals surface area contributed by atoms with Crippen molar-refractivity contribution in [1.29, 1.82) is 0 Å². The van der Waals surface area contributed by atoms with E-state index in [1.54, 1.807) is 0 Å². The molecule has 16 heavy (non-hydrogen) atoms. The van der Waals surface area contributed by atoms with Crippen LogP contribution in [-0.4, -0.2) is 18.6 Å². The summed E-state index contributed by atoms with van der Waals surface area (Å²) >= 11 is 1.93. The van der Waals surface area contributed by atoms with Crippen LogP contribution in [-0.2, 0) is 0 Å². The van der Waals surface area contributed by atoms with Gasteiger partial charge in [0.05, 0.1) is 0 Å². The number of hydrogen-bond donors (Lipinski definition) is 1. The van der Waals surface area contributed by atoms with Crippen molar-refractivity contribution in [3.63, 3.8) is 0 Å². The number of unbranched alkanes of at least 4 members (excludes halogenated alkanes) is 1. The van der Waals surface area contributed by atoms with Gasteiger partial charge in [-0.15, -0.1) is 0 Å². The Morgan fingerprint density at radius 3 is 2.69 bits per heavy atom. The van der Waals surface area contributed by atoms with E-state index in [0.717, 1.165) is 6.54 Å². The van der Waals surface area contributed by atoms with Gasteiger partial charge in [-0.2, -0.15) is 11.8 Å². The number of rotatable bonds is 7. The maximum atomic E-state index is 3.59. The summed E-state index contributed by atoms with van der Waals surface area (Å²) in [6.45, 7) is 5.55. The van der Waals surface area contributed by atoms with Crippen molar-refractivity contribution in [1.82, 2.24) is 5.32 Å². The normalized spacial score (nSPS) is 12.7. The van der Waals surface area contributed by atoms with Crippen LogP contribution in [0.5, 0.6) is 0 Å². The smallest absolute Gasteiger partial charge is 0.0294 e. The van der Waals surface area contributed by atoms with Crippen molar-refractivity contribution in [3.8, 4) is 0 Å². The Balaban J connectivity index is 2.30. The lowest BCUT2D eigenvalue weighted by molar-refractivity contribution is 0.554. The molecule has 2 heteroatoms. The summed E-state index contributed by atoms with van der Waals surface area (Å²) in [5.41, 5.74) is 2.80. The van der Waals surface area contributed by atoms with E-state index in [9.17, 15) is 0 Å². The lowest BCUT2D eigenvalue weighted by Crippen LogP contribution is -2.20. The molecule has 0 aliphatic carbocycles. The van der Waals surface area contributed by atoms with Crippen molar-refractivity contribution in [2.75, 3.05) is 18.6 Å². The van der Waals surface area contributed by atoms with Gasteiger partial charge in [-0.05, 0) is 56.4 Å². The van der Waals surface area contributed by atoms with Crippen LogP contribution in [0.4, 0.5) is 0 Å². The van der Waals surface area contributed by atoms with E-state index in [2.05, 4.69) is 49.7 Å². The first-order chi connectivity index (χ1) is 7.75. The fraction of sp³-hybridized carbons (Fsp3) is 0.571. The molecule has 0 spiro atoms. The molecule has 0 saturated carbocycles. The molecule has 1 N–H and O–H groups in total. The van der Waals surface area contributed by atoms with Crippen LogP contribution < -0.4 is 5.32 Å². The first-order valence-corrected chi connectivity index (χ1v) is 7.43. The van der Waals surface area contributed by atoms with Gasteiger partial charge in [-0.1, -0.05) is 24.3 Å². The molecule has 1 atom stereocenters. The second kappa shape index (κ2) is 7.75. The maximum absolute atomic E-state index is 3.59. The van der Waals surface area contributed by atoms with E-state index in [-0.39, 0.29) is 0 Å². The van der Waals surface area contributed by atoms with E-state index >= 15 is 0 Å². The van der Waals surface area contributed by atoms with Gasteiger partial charge in [0.2, 0.25) is 0 Å². The quantitative estimate of drug-likeness (QED) is 0.724. The van der Waals surface area contributed by atoms with Crippen molar-refractivity contribution in [2.45, 2.75) is 32.7 Å². The lowest BCUT2D eigenvalue weighted by Gasteiger charge is -2.16. The van der Waals surface area contributed by atoms with Crippen molar-refractivity contribution >= 4 is 11.8 Å². The van der Waals surface area contributed by atoms with Gasteiger partial charge in [-0.25, -0.2) is 0 Å². The third-order valence-electron chi connectivity index (χ3n) is 2.88. The molecule has 0 heterocycles. The summed E-state index contributed by atoms with van der Waals surface area (Å²) in [4.78, 5) is 0. The number of thioether (sulfide) groups is 1. The summed E-state index contributed by atoms with van der Waals surface area (Å²) in [6, 6.07) is 9.09. The Hall–Kier alpha value is -0.470. The highest BCUT2D eigenvalue weighted by molar-refractivity contribution is 7.98. The van der Waals surface area contributed by atoms with E-state index in [4.69, 9.17) is 0 Å². The minimum Gasteiger partial charge on any atom is -0.310 e. The van der Waals surface area contributed by atoms with E-state index < -0.39 is 0 Å². The Labute approximate surface area is 104 Å². The molecule has 1 aromatic carbocycles. The second-order valence-corrected chi connectivity index (χ2v) is 5.22. The van der Waals surface area contributed by atoms with Gasteiger partial charge in [0.15, 0.2) is 0 Å². The monoisotopic (exact) mass is 237 g/mol. The Kier molecular flexibility index (Phi) is 6.58. The van der Waals surface area contributed by atoms with E-state index in [1.165, 1.54) is 29.7 Å². The minimum atomic E-state index is 0.468. The summed E-state index contributed by atoms with van der Waals surface area (Å²) in [6.07, 6.45) is 4.76. The van der Waals surface area contributed by atoms with Crippen molar-refractivity contribution in [2.24, 2.45) is 0 Å². The van der Waals surface area contributed by atoms with E-state index in [1.807, 2.05) is 11.8 Å². The molecule has 1 aromatic rings. The van der Waals surface area contributed by atoms with Crippen LogP contribution >= 0.6 is 11.8 Å². The highest BCUT2D eigenvalue weighted by Gasteiger charge is 2.05. The molecule has 90 valence electrons. The zero-order chi connectivity index (χ0) is 11.8. The second-order valence-electron chi connectivity index (χ2n) is 4.23. The standard InChI is InChI=1S/C14H23NS/c1-12-8-4-5-9-14(12)13(2)15-10-6-7-11-16-3/h4-5,8-9,13,15H,6-7,10-11H2,1-3H3/t13-/m0/s1. The zero-order valence-electron chi connectivity index (χ0n) is 10.6. The number of benzene rings is 1. The summed E-state index contributed by atoms with van der Waals surface area (Å²) < 4.78 is 0. The fourth-order valence-electron chi connectivity index (χ4n) is 1.87. The predicted molar refractivity (Wildman–Crippen MR) is 75.2 cm³/mol. The van der Waals surface area contributed by atoms with Crippen LogP contribution in [0.1, 0.15) is 36.9 Å². The van der Waals surface area contributed by atoms with E-state index in [0.29, 0.717) is 6.04 Å². The molecule has 0 radical (unpaired) electrons. The highest BCUT2D eigenvalue weighted by Crippen LogP contribution is 2.16. The number of nitrogens with one attached hydrogen (secondary N) is 1. The molecule has 1 rings (SSSR count). The maximum Gasteiger partial charge on any atom is 0.0294 e. The molecule has 0 aliphatic rings. The third-order valence-corrected chi connectivity index (χ3v) is 3.58. The van der Waals surface area contributed by atoms with Crippen LogP contribution in [0.2, 0.25) is 0 Å². The summed E-state index contributed by atoms with van der Waals surface area (Å²) in [7, 11) is 0. The Morgan fingerprint density at radius 1 is 1.25 bits per heavy atom. The van der Waals surface area contributed by atoms with Crippen LogP contribution in [0, 0.1) is 6.92 Å². The molecule has 0 saturated heterocycles. The first-order valence-electron chi connectivity index (χ1n) is 6.03. The van der Waals surface area contributed by atoms with Gasteiger partial charge in [0.1, 0.15) is 0 Å². The first kappa shape index (κ1) is 13.6. The molecule has 1 nitrogen and oxygen atoms in total. The lowest BCUT2D eigenvalue weighted by atomic mass is 10.0. The molecule has 0 bridgehead atoms. The largest absolute Gasteiger partial charge is 0.310 e. The fourth-order valence-corrected chi connectivity index (χ4v) is 2.37. The Morgan fingerprint density at radius 2 is 2.00 bits per heavy atom. The van der Waals surface area contributed by atoms with Crippen LogP contribution in [0.15, 0.2) is 24.3 Å². The third kappa shape index (κ3) is 4.58. The van der Waals surface area contributed by atoms with Gasteiger partial charge in [0.25, 0.3) is 0 Å². The van der Waals surface area contributed by atoms with Gasteiger partial charge in [-0.3, -0.25) is 0 Å². The molecule has 0 aromatic heterocycles. The summed E-state index contributed by atoms with van der Waals surface area (Å²) in [5.74, 6) is 1.28. The molecule has 0 amide bonds. The Bertz CT molecular complexity index is 299. The number of hydrogen-bond acceptors (Lipinski definition) is 2. The van der Waals surface area contributed by atoms with Crippen molar-refractivity contribution in [3.05, 3.63) is 35.4 Å². The predicted octanol–water partition coefficient (Wildman–Crippen LogP) is 3.79. The van der Waals surface area contributed by atoms with Crippen molar-refractivity contribution < 1.29 is 0 Å².